The molecule has 2 aromatic carbocycles. The van der Waals surface area contributed by atoms with E-state index in [1.807, 2.05) is 79.1 Å². The van der Waals surface area contributed by atoms with Gasteiger partial charge in [0.25, 0.3) is 0 Å². The number of aromatic nitrogens is 1. The lowest BCUT2D eigenvalue weighted by Gasteiger charge is -2.13. The minimum absolute atomic E-state index is 0.103. The molecular formula is C25H28N2O4. The van der Waals surface area contributed by atoms with Gasteiger partial charge in [-0.15, -0.1) is 0 Å². The van der Waals surface area contributed by atoms with Gasteiger partial charge in [0.05, 0.1) is 18.8 Å². The molecule has 6 heteroatoms. The van der Waals surface area contributed by atoms with Gasteiger partial charge in [-0.25, -0.2) is 4.79 Å². The number of hydrogen-bond donors (Lipinski definition) is 1. The molecule has 0 saturated heterocycles. The smallest absolute Gasteiger partial charge is 0.339 e. The van der Waals surface area contributed by atoms with Crippen LogP contribution in [0.25, 0.3) is 11.3 Å². The second-order valence-corrected chi connectivity index (χ2v) is 7.02. The molecule has 31 heavy (non-hydrogen) atoms. The number of carbonyl (C=O) groups is 2. The van der Waals surface area contributed by atoms with Crippen molar-refractivity contribution in [2.75, 3.05) is 18.5 Å². The largest absolute Gasteiger partial charge is 0.494 e. The molecule has 0 fully saturated rings. The van der Waals surface area contributed by atoms with E-state index < -0.39 is 0 Å². The van der Waals surface area contributed by atoms with Gasteiger partial charge in [0.2, 0.25) is 5.91 Å². The van der Waals surface area contributed by atoms with Crippen LogP contribution in [0.15, 0.2) is 60.7 Å². The van der Waals surface area contributed by atoms with Crippen LogP contribution >= 0.6 is 0 Å². The lowest BCUT2D eigenvalue weighted by atomic mass is 10.1. The summed E-state index contributed by atoms with van der Waals surface area (Å²) in [5, 5.41) is 2.91. The first kappa shape index (κ1) is 22.2. The molecule has 0 radical (unpaired) electrons. The van der Waals surface area contributed by atoms with Gasteiger partial charge in [0.15, 0.2) is 0 Å². The molecule has 0 bridgehead atoms. The van der Waals surface area contributed by atoms with Gasteiger partial charge in [0, 0.05) is 30.0 Å². The third-order valence-corrected chi connectivity index (χ3v) is 4.94. The summed E-state index contributed by atoms with van der Waals surface area (Å²) in [5.41, 5.74) is 3.88. The van der Waals surface area contributed by atoms with E-state index in [1.165, 1.54) is 0 Å². The molecule has 3 aromatic rings. The van der Waals surface area contributed by atoms with Crippen molar-refractivity contribution in [3.05, 3.63) is 71.9 Å². The first-order valence-electron chi connectivity index (χ1n) is 10.5. The summed E-state index contributed by atoms with van der Waals surface area (Å²) in [7, 11) is 0. The molecule has 1 amide bonds. The number of amides is 1. The van der Waals surface area contributed by atoms with Crippen LogP contribution in [0.5, 0.6) is 5.75 Å². The van der Waals surface area contributed by atoms with Crippen molar-refractivity contribution in [3.63, 3.8) is 0 Å². The normalized spacial score (nSPS) is 10.5. The number of nitrogens with zero attached hydrogens (tertiary/aromatic N) is 1. The lowest BCUT2D eigenvalue weighted by Crippen LogP contribution is -2.16. The molecule has 0 aliphatic heterocycles. The standard InChI is InChI=1S/C25H28N2O4/c1-4-30-21-13-11-20(12-14-21)26-24(28)15-16-27-18(3)22(25(29)31-5-2)17-23(27)19-9-7-6-8-10-19/h6-14,17H,4-5,15-16H2,1-3H3,(H,26,28). The van der Waals surface area contributed by atoms with Gasteiger partial charge in [-0.1, -0.05) is 30.3 Å². The molecule has 3 rings (SSSR count). The Hall–Kier alpha value is -3.54. The maximum atomic E-state index is 12.6. The topological polar surface area (TPSA) is 69.6 Å². The predicted octanol–water partition coefficient (Wildman–Crippen LogP) is 5.07. The third kappa shape index (κ3) is 5.54. The average Bonchev–Trinajstić information content (AvgIpc) is 3.11. The second-order valence-electron chi connectivity index (χ2n) is 7.02. The van der Waals surface area contributed by atoms with Gasteiger partial charge in [-0.2, -0.15) is 0 Å². The summed E-state index contributed by atoms with van der Waals surface area (Å²) in [6.45, 7) is 6.94. The quantitative estimate of drug-likeness (QED) is 0.491. The van der Waals surface area contributed by atoms with E-state index in [9.17, 15) is 9.59 Å². The van der Waals surface area contributed by atoms with E-state index in [0.29, 0.717) is 31.0 Å². The molecule has 1 N–H and O–H groups in total. The van der Waals surface area contributed by atoms with Gasteiger partial charge >= 0.3 is 5.97 Å². The molecule has 0 saturated carbocycles. The summed E-state index contributed by atoms with van der Waals surface area (Å²) in [5.74, 6) is 0.311. The Kier molecular flexibility index (Phi) is 7.49. The Morgan fingerprint density at radius 3 is 2.32 bits per heavy atom. The zero-order chi connectivity index (χ0) is 22.2. The SMILES string of the molecule is CCOC(=O)c1cc(-c2ccccc2)n(CCC(=O)Nc2ccc(OCC)cc2)c1C. The van der Waals surface area contributed by atoms with Crippen LogP contribution in [0, 0.1) is 6.92 Å². The Balaban J connectivity index is 1.76. The van der Waals surface area contributed by atoms with Crippen molar-refractivity contribution >= 4 is 17.6 Å². The zero-order valence-corrected chi connectivity index (χ0v) is 18.2. The fourth-order valence-corrected chi connectivity index (χ4v) is 3.43. The highest BCUT2D eigenvalue weighted by molar-refractivity contribution is 5.93. The van der Waals surface area contributed by atoms with E-state index in [2.05, 4.69) is 5.32 Å². The molecule has 1 aromatic heterocycles. The van der Waals surface area contributed by atoms with Crippen LogP contribution in [0.1, 0.15) is 36.3 Å². The number of ether oxygens (including phenoxy) is 2. The average molecular weight is 421 g/mol. The number of hydrogen-bond acceptors (Lipinski definition) is 4. The van der Waals surface area contributed by atoms with Gasteiger partial charge in [0.1, 0.15) is 5.75 Å². The molecule has 0 aliphatic carbocycles. The zero-order valence-electron chi connectivity index (χ0n) is 18.2. The summed E-state index contributed by atoms with van der Waals surface area (Å²) >= 11 is 0. The summed E-state index contributed by atoms with van der Waals surface area (Å²) in [6.07, 6.45) is 0.269. The molecule has 1 heterocycles. The molecule has 0 atom stereocenters. The molecule has 0 spiro atoms. The van der Waals surface area contributed by atoms with E-state index in [4.69, 9.17) is 9.47 Å². The van der Waals surface area contributed by atoms with E-state index in [0.717, 1.165) is 22.7 Å². The van der Waals surface area contributed by atoms with E-state index >= 15 is 0 Å². The maximum Gasteiger partial charge on any atom is 0.339 e. The Bertz CT molecular complexity index is 1020. The fraction of sp³-hybridized carbons (Fsp3) is 0.280. The number of carbonyl (C=O) groups excluding carboxylic acids is 2. The minimum Gasteiger partial charge on any atom is -0.494 e. The highest BCUT2D eigenvalue weighted by Gasteiger charge is 2.20. The Morgan fingerprint density at radius 1 is 0.968 bits per heavy atom. The predicted molar refractivity (Wildman–Crippen MR) is 121 cm³/mol. The Labute approximate surface area is 182 Å². The lowest BCUT2D eigenvalue weighted by molar-refractivity contribution is -0.116. The van der Waals surface area contributed by atoms with Crippen LogP contribution in [0.2, 0.25) is 0 Å². The fourth-order valence-electron chi connectivity index (χ4n) is 3.43. The first-order chi connectivity index (χ1) is 15.0. The van der Waals surface area contributed by atoms with Gasteiger partial charge in [-0.05, 0) is 56.7 Å². The van der Waals surface area contributed by atoms with E-state index in [1.54, 1.807) is 6.92 Å². The first-order valence-corrected chi connectivity index (χ1v) is 10.5. The summed E-state index contributed by atoms with van der Waals surface area (Å²) < 4.78 is 12.6. The van der Waals surface area contributed by atoms with Gasteiger partial charge in [-0.3, -0.25) is 4.79 Å². The molecule has 162 valence electrons. The minimum atomic E-state index is -0.352. The Morgan fingerprint density at radius 2 is 1.68 bits per heavy atom. The monoisotopic (exact) mass is 420 g/mol. The van der Waals surface area contributed by atoms with Crippen molar-refractivity contribution in [2.45, 2.75) is 33.7 Å². The van der Waals surface area contributed by atoms with Crippen molar-refractivity contribution in [2.24, 2.45) is 0 Å². The number of esters is 1. The molecule has 6 nitrogen and oxygen atoms in total. The van der Waals surface area contributed by atoms with Crippen LogP contribution in [0.3, 0.4) is 0 Å². The molecule has 0 aliphatic rings. The molecular weight excluding hydrogens is 392 g/mol. The van der Waals surface area contributed by atoms with Crippen LogP contribution < -0.4 is 10.1 Å². The maximum absolute atomic E-state index is 12.6. The summed E-state index contributed by atoms with van der Waals surface area (Å²) in [6, 6.07) is 18.9. The summed E-state index contributed by atoms with van der Waals surface area (Å²) in [4.78, 5) is 24.9. The highest BCUT2D eigenvalue weighted by Crippen LogP contribution is 2.27. The number of anilines is 1. The van der Waals surface area contributed by atoms with Crippen LogP contribution in [0.4, 0.5) is 5.69 Å². The third-order valence-electron chi connectivity index (χ3n) is 4.94. The molecule has 0 unspecified atom stereocenters. The number of benzene rings is 2. The van der Waals surface area contributed by atoms with Crippen molar-refractivity contribution in [3.8, 4) is 17.0 Å². The van der Waals surface area contributed by atoms with Crippen LogP contribution in [-0.2, 0) is 16.1 Å². The van der Waals surface area contributed by atoms with Gasteiger partial charge < -0.3 is 19.4 Å². The number of nitrogens with one attached hydrogen (secondary N) is 1. The van der Waals surface area contributed by atoms with Crippen molar-refractivity contribution in [1.29, 1.82) is 0 Å². The second kappa shape index (κ2) is 10.5. The van der Waals surface area contributed by atoms with Crippen LogP contribution in [-0.4, -0.2) is 29.7 Å². The van der Waals surface area contributed by atoms with Crippen molar-refractivity contribution in [1.82, 2.24) is 4.57 Å². The highest BCUT2D eigenvalue weighted by atomic mass is 16.5. The number of rotatable bonds is 9. The van der Waals surface area contributed by atoms with E-state index in [-0.39, 0.29) is 18.3 Å². The van der Waals surface area contributed by atoms with Crippen molar-refractivity contribution < 1.29 is 19.1 Å².